The van der Waals surface area contributed by atoms with E-state index in [0.717, 1.165) is 11.4 Å². The van der Waals surface area contributed by atoms with Crippen LogP contribution in [0, 0.1) is 6.92 Å². The van der Waals surface area contributed by atoms with Crippen molar-refractivity contribution in [1.82, 2.24) is 9.97 Å². The van der Waals surface area contributed by atoms with E-state index in [9.17, 15) is 0 Å². The SMILES string of the molecule is C=CN(C)c1ncnc(N)c1C.CC.CC. The van der Waals surface area contributed by atoms with Gasteiger partial charge in [0.15, 0.2) is 0 Å². The Balaban J connectivity index is 0. The molecule has 4 heteroatoms. The van der Waals surface area contributed by atoms with Gasteiger partial charge in [0, 0.05) is 12.6 Å². The Morgan fingerprint density at radius 1 is 1.25 bits per heavy atom. The Kier molecular flexibility index (Phi) is 10.5. The maximum atomic E-state index is 5.60. The van der Waals surface area contributed by atoms with Crippen molar-refractivity contribution in [2.75, 3.05) is 17.7 Å². The lowest BCUT2D eigenvalue weighted by molar-refractivity contribution is 1.06. The second-order valence-corrected chi connectivity index (χ2v) is 2.50. The molecule has 0 aromatic carbocycles. The van der Waals surface area contributed by atoms with Gasteiger partial charge in [0.05, 0.1) is 0 Å². The molecule has 0 saturated carbocycles. The fourth-order valence-electron chi connectivity index (χ4n) is 0.896. The van der Waals surface area contributed by atoms with Crippen LogP contribution < -0.4 is 10.6 Å². The van der Waals surface area contributed by atoms with Crippen LogP contribution in [0.1, 0.15) is 33.3 Å². The largest absolute Gasteiger partial charge is 0.383 e. The third-order valence-electron chi connectivity index (χ3n) is 1.70. The Hall–Kier alpha value is -1.58. The van der Waals surface area contributed by atoms with Gasteiger partial charge >= 0.3 is 0 Å². The summed E-state index contributed by atoms with van der Waals surface area (Å²) in [7, 11) is 1.86. The molecule has 0 unspecified atom stereocenters. The van der Waals surface area contributed by atoms with Gasteiger partial charge in [-0.2, -0.15) is 0 Å². The third kappa shape index (κ3) is 4.77. The number of rotatable bonds is 2. The van der Waals surface area contributed by atoms with Crippen LogP contribution in [0.15, 0.2) is 19.1 Å². The van der Waals surface area contributed by atoms with Crippen LogP contribution in [-0.4, -0.2) is 17.0 Å². The Labute approximate surface area is 99.2 Å². The van der Waals surface area contributed by atoms with E-state index in [-0.39, 0.29) is 0 Å². The quantitative estimate of drug-likeness (QED) is 0.839. The van der Waals surface area contributed by atoms with Crippen molar-refractivity contribution in [2.24, 2.45) is 0 Å². The zero-order valence-electron chi connectivity index (χ0n) is 11.3. The predicted octanol–water partition coefficient (Wildman–Crippen LogP) is 3.00. The number of hydrogen-bond donors (Lipinski definition) is 1. The van der Waals surface area contributed by atoms with Gasteiger partial charge in [0.1, 0.15) is 18.0 Å². The van der Waals surface area contributed by atoms with Crippen LogP contribution in [0.25, 0.3) is 0 Å². The van der Waals surface area contributed by atoms with Gasteiger partial charge in [-0.05, 0) is 13.1 Å². The molecule has 0 aliphatic carbocycles. The molecule has 0 radical (unpaired) electrons. The first kappa shape index (κ1) is 16.8. The summed E-state index contributed by atoms with van der Waals surface area (Å²) in [6.07, 6.45) is 3.12. The third-order valence-corrected chi connectivity index (χ3v) is 1.70. The molecule has 1 heterocycles. The fraction of sp³-hybridized carbons (Fsp3) is 0.500. The van der Waals surface area contributed by atoms with Crippen LogP contribution >= 0.6 is 0 Å². The van der Waals surface area contributed by atoms with Crippen molar-refractivity contribution in [3.05, 3.63) is 24.7 Å². The highest BCUT2D eigenvalue weighted by Gasteiger charge is 2.05. The molecular formula is C12H24N4. The van der Waals surface area contributed by atoms with E-state index in [1.165, 1.54) is 6.33 Å². The maximum Gasteiger partial charge on any atom is 0.140 e. The molecule has 0 bridgehead atoms. The van der Waals surface area contributed by atoms with E-state index in [4.69, 9.17) is 5.73 Å². The lowest BCUT2D eigenvalue weighted by Gasteiger charge is -2.14. The molecule has 92 valence electrons. The number of anilines is 2. The van der Waals surface area contributed by atoms with Crippen molar-refractivity contribution in [2.45, 2.75) is 34.6 Å². The van der Waals surface area contributed by atoms with Crippen LogP contribution in [0.5, 0.6) is 0 Å². The molecule has 4 nitrogen and oxygen atoms in total. The Morgan fingerprint density at radius 3 is 2.19 bits per heavy atom. The smallest absolute Gasteiger partial charge is 0.140 e. The highest BCUT2D eigenvalue weighted by atomic mass is 15.2. The molecule has 2 N–H and O–H groups in total. The number of nitrogen functional groups attached to an aromatic ring is 1. The van der Waals surface area contributed by atoms with Gasteiger partial charge in [0.25, 0.3) is 0 Å². The number of aromatic nitrogens is 2. The van der Waals surface area contributed by atoms with Crippen molar-refractivity contribution in [1.29, 1.82) is 0 Å². The molecule has 0 aliphatic rings. The van der Waals surface area contributed by atoms with Crippen LogP contribution in [0.4, 0.5) is 11.6 Å². The van der Waals surface area contributed by atoms with Gasteiger partial charge in [-0.1, -0.05) is 34.3 Å². The van der Waals surface area contributed by atoms with E-state index in [2.05, 4.69) is 16.5 Å². The first-order valence-electron chi connectivity index (χ1n) is 5.59. The summed E-state index contributed by atoms with van der Waals surface area (Å²) in [5.74, 6) is 1.30. The molecular weight excluding hydrogens is 200 g/mol. The second kappa shape index (κ2) is 9.96. The molecule has 1 rings (SSSR count). The second-order valence-electron chi connectivity index (χ2n) is 2.50. The fourth-order valence-corrected chi connectivity index (χ4v) is 0.896. The van der Waals surface area contributed by atoms with E-state index >= 15 is 0 Å². The predicted molar refractivity (Wildman–Crippen MR) is 72.5 cm³/mol. The molecule has 0 aliphatic heterocycles. The molecule has 0 fully saturated rings. The monoisotopic (exact) mass is 224 g/mol. The van der Waals surface area contributed by atoms with Crippen LogP contribution in [0.3, 0.4) is 0 Å². The lowest BCUT2D eigenvalue weighted by atomic mass is 10.3. The van der Waals surface area contributed by atoms with Crippen molar-refractivity contribution in [3.8, 4) is 0 Å². The van der Waals surface area contributed by atoms with Gasteiger partial charge in [-0.3, -0.25) is 0 Å². The summed E-state index contributed by atoms with van der Waals surface area (Å²) in [5, 5.41) is 0. The van der Waals surface area contributed by atoms with E-state index in [1.807, 2.05) is 41.7 Å². The van der Waals surface area contributed by atoms with Gasteiger partial charge in [0.2, 0.25) is 0 Å². The van der Waals surface area contributed by atoms with Crippen molar-refractivity contribution >= 4 is 11.6 Å². The summed E-state index contributed by atoms with van der Waals surface area (Å²) in [4.78, 5) is 9.73. The summed E-state index contributed by atoms with van der Waals surface area (Å²) in [5.41, 5.74) is 6.48. The number of hydrogen-bond acceptors (Lipinski definition) is 4. The van der Waals surface area contributed by atoms with Gasteiger partial charge in [-0.25, -0.2) is 9.97 Å². The topological polar surface area (TPSA) is 55.0 Å². The minimum atomic E-state index is 0.508. The summed E-state index contributed by atoms with van der Waals surface area (Å²) in [6.45, 7) is 13.5. The summed E-state index contributed by atoms with van der Waals surface area (Å²) in [6, 6.07) is 0. The van der Waals surface area contributed by atoms with Crippen molar-refractivity contribution in [3.63, 3.8) is 0 Å². The average Bonchev–Trinajstić information content (AvgIpc) is 2.37. The maximum absolute atomic E-state index is 5.60. The Morgan fingerprint density at radius 2 is 1.75 bits per heavy atom. The average molecular weight is 224 g/mol. The minimum Gasteiger partial charge on any atom is -0.383 e. The molecule has 0 atom stereocenters. The standard InChI is InChI=1S/C8H12N4.2C2H6/c1-4-12(3)8-6(2)7(9)10-5-11-8;2*1-2/h4-5H,1H2,2-3H3,(H2,9,10,11);2*1-2H3. The van der Waals surface area contributed by atoms with E-state index in [1.54, 1.807) is 11.1 Å². The van der Waals surface area contributed by atoms with Crippen LogP contribution in [-0.2, 0) is 0 Å². The molecule has 0 spiro atoms. The number of nitrogens with two attached hydrogens (primary N) is 1. The zero-order chi connectivity index (χ0) is 13.1. The number of nitrogens with zero attached hydrogens (tertiary/aromatic N) is 3. The first-order chi connectivity index (χ1) is 7.66. The van der Waals surface area contributed by atoms with Crippen LogP contribution in [0.2, 0.25) is 0 Å². The highest BCUT2D eigenvalue weighted by Crippen LogP contribution is 2.18. The minimum absolute atomic E-state index is 0.508. The molecule has 0 saturated heterocycles. The first-order valence-corrected chi connectivity index (χ1v) is 5.59. The van der Waals surface area contributed by atoms with Gasteiger partial charge in [-0.15, -0.1) is 0 Å². The van der Waals surface area contributed by atoms with E-state index in [0.29, 0.717) is 5.82 Å². The molecule has 16 heavy (non-hydrogen) atoms. The summed E-state index contributed by atoms with van der Waals surface area (Å²) >= 11 is 0. The lowest BCUT2D eigenvalue weighted by Crippen LogP contribution is -2.12. The molecule has 0 amide bonds. The van der Waals surface area contributed by atoms with E-state index < -0.39 is 0 Å². The Bertz CT molecular complexity index is 297. The van der Waals surface area contributed by atoms with Gasteiger partial charge < -0.3 is 10.6 Å². The molecule has 1 aromatic rings. The zero-order valence-corrected chi connectivity index (χ0v) is 11.3. The highest BCUT2D eigenvalue weighted by molar-refractivity contribution is 5.56. The van der Waals surface area contributed by atoms with Crippen molar-refractivity contribution < 1.29 is 0 Å². The summed E-state index contributed by atoms with van der Waals surface area (Å²) < 4.78 is 0. The molecule has 1 aromatic heterocycles. The normalized spacial score (nSPS) is 7.88.